The maximum atomic E-state index is 12.4. The smallest absolute Gasteiger partial charge is 0.252 e. The van der Waals surface area contributed by atoms with Gasteiger partial charge in [0, 0.05) is 36.6 Å². The quantitative estimate of drug-likeness (QED) is 0.566. The van der Waals surface area contributed by atoms with Crippen LogP contribution in [0.15, 0.2) is 73.1 Å². The SMILES string of the molecule is N#Cc1ccccc1COc1cccc(C(=O)NCCNC(=O)c2cccnc2)c1. The minimum atomic E-state index is -0.270. The molecule has 0 saturated carbocycles. The first kappa shape index (κ1) is 20.6. The number of hydrogen-bond donors (Lipinski definition) is 2. The molecule has 2 amide bonds. The fourth-order valence-electron chi connectivity index (χ4n) is 2.70. The van der Waals surface area contributed by atoms with Crippen molar-refractivity contribution in [2.75, 3.05) is 13.1 Å². The topological polar surface area (TPSA) is 104 Å². The molecule has 0 spiro atoms. The second-order valence-electron chi connectivity index (χ2n) is 6.34. The Balaban J connectivity index is 1.48. The van der Waals surface area contributed by atoms with E-state index in [9.17, 15) is 9.59 Å². The van der Waals surface area contributed by atoms with E-state index < -0.39 is 0 Å². The van der Waals surface area contributed by atoms with Gasteiger partial charge < -0.3 is 15.4 Å². The molecule has 0 saturated heterocycles. The van der Waals surface area contributed by atoms with E-state index in [-0.39, 0.29) is 25.0 Å². The van der Waals surface area contributed by atoms with Crippen molar-refractivity contribution >= 4 is 11.8 Å². The monoisotopic (exact) mass is 400 g/mol. The van der Waals surface area contributed by atoms with E-state index in [4.69, 9.17) is 10.00 Å². The Morgan fingerprint density at radius 3 is 2.40 bits per heavy atom. The van der Waals surface area contributed by atoms with Crippen molar-refractivity contribution in [3.05, 3.63) is 95.3 Å². The minimum absolute atomic E-state index is 0.231. The number of rotatable bonds is 8. The van der Waals surface area contributed by atoms with Crippen LogP contribution in [0.1, 0.15) is 31.8 Å². The van der Waals surface area contributed by atoms with Gasteiger partial charge in [-0.1, -0.05) is 24.3 Å². The molecule has 0 unspecified atom stereocenters. The van der Waals surface area contributed by atoms with Gasteiger partial charge in [-0.05, 0) is 36.4 Å². The van der Waals surface area contributed by atoms with Crippen LogP contribution in [0, 0.1) is 11.3 Å². The fraction of sp³-hybridized carbons (Fsp3) is 0.130. The van der Waals surface area contributed by atoms with Crippen LogP contribution in [0.25, 0.3) is 0 Å². The van der Waals surface area contributed by atoms with Crippen molar-refractivity contribution in [1.29, 1.82) is 5.26 Å². The van der Waals surface area contributed by atoms with E-state index in [0.717, 1.165) is 5.56 Å². The van der Waals surface area contributed by atoms with Gasteiger partial charge >= 0.3 is 0 Å². The van der Waals surface area contributed by atoms with Crippen LogP contribution < -0.4 is 15.4 Å². The summed E-state index contributed by atoms with van der Waals surface area (Å²) in [6, 6.07) is 19.5. The van der Waals surface area contributed by atoms with Crippen molar-refractivity contribution < 1.29 is 14.3 Å². The predicted octanol–water partition coefficient (Wildman–Crippen LogP) is 2.69. The molecule has 0 aliphatic carbocycles. The second kappa shape index (κ2) is 10.4. The molecule has 30 heavy (non-hydrogen) atoms. The third-order valence-corrected chi connectivity index (χ3v) is 4.25. The largest absolute Gasteiger partial charge is 0.489 e. The first-order valence-corrected chi connectivity index (χ1v) is 9.34. The standard InChI is InChI=1S/C23H20N4O3/c24-14-18-5-1-2-6-20(18)16-30-21-9-3-7-17(13-21)22(28)26-11-12-27-23(29)19-8-4-10-25-15-19/h1-10,13,15H,11-12,16H2,(H,26,28)(H,27,29). The molecule has 1 heterocycles. The summed E-state index contributed by atoms with van der Waals surface area (Å²) < 4.78 is 5.74. The lowest BCUT2D eigenvalue weighted by atomic mass is 10.1. The molecule has 0 radical (unpaired) electrons. The van der Waals surface area contributed by atoms with Gasteiger partial charge in [0.05, 0.1) is 17.2 Å². The Morgan fingerprint density at radius 1 is 0.933 bits per heavy atom. The van der Waals surface area contributed by atoms with Crippen molar-refractivity contribution in [2.24, 2.45) is 0 Å². The number of carbonyl (C=O) groups excluding carboxylic acids is 2. The Bertz CT molecular complexity index is 1060. The minimum Gasteiger partial charge on any atom is -0.489 e. The number of benzene rings is 2. The Kier molecular flexibility index (Phi) is 7.12. The summed E-state index contributed by atoms with van der Waals surface area (Å²) in [6.07, 6.45) is 3.07. The van der Waals surface area contributed by atoms with Crippen LogP contribution >= 0.6 is 0 Å². The van der Waals surface area contributed by atoms with Crippen LogP contribution in [0.2, 0.25) is 0 Å². The fourth-order valence-corrected chi connectivity index (χ4v) is 2.70. The Morgan fingerprint density at radius 2 is 1.67 bits per heavy atom. The summed E-state index contributed by atoms with van der Waals surface area (Å²) in [4.78, 5) is 28.2. The number of carbonyl (C=O) groups is 2. The molecule has 0 fully saturated rings. The highest BCUT2D eigenvalue weighted by molar-refractivity contribution is 5.95. The van der Waals surface area contributed by atoms with Crippen molar-refractivity contribution in [3.63, 3.8) is 0 Å². The average molecular weight is 400 g/mol. The molecule has 0 bridgehead atoms. The van der Waals surface area contributed by atoms with Gasteiger partial charge in [0.1, 0.15) is 12.4 Å². The molecule has 7 nitrogen and oxygen atoms in total. The summed E-state index contributed by atoms with van der Waals surface area (Å²) in [5.41, 5.74) is 2.24. The molecule has 150 valence electrons. The maximum Gasteiger partial charge on any atom is 0.252 e. The maximum absolute atomic E-state index is 12.4. The first-order chi connectivity index (χ1) is 14.7. The predicted molar refractivity (Wildman–Crippen MR) is 111 cm³/mol. The molecule has 7 heteroatoms. The van der Waals surface area contributed by atoms with Gasteiger partial charge in [0.2, 0.25) is 0 Å². The van der Waals surface area contributed by atoms with Gasteiger partial charge in [-0.2, -0.15) is 5.26 Å². The Hall–Kier alpha value is -4.18. The summed E-state index contributed by atoms with van der Waals surface area (Å²) in [6.45, 7) is 0.807. The molecule has 2 aromatic carbocycles. The highest BCUT2D eigenvalue weighted by Gasteiger charge is 2.08. The number of pyridine rings is 1. The van der Waals surface area contributed by atoms with Crippen LogP contribution in [0.3, 0.4) is 0 Å². The van der Waals surface area contributed by atoms with E-state index in [1.54, 1.807) is 54.7 Å². The van der Waals surface area contributed by atoms with Crippen molar-refractivity contribution in [1.82, 2.24) is 15.6 Å². The van der Waals surface area contributed by atoms with Crippen LogP contribution in [-0.4, -0.2) is 29.9 Å². The van der Waals surface area contributed by atoms with E-state index >= 15 is 0 Å². The Labute approximate surface area is 174 Å². The third-order valence-electron chi connectivity index (χ3n) is 4.25. The number of ether oxygens (including phenoxy) is 1. The summed E-state index contributed by atoms with van der Waals surface area (Å²) in [7, 11) is 0. The molecule has 2 N–H and O–H groups in total. The van der Waals surface area contributed by atoms with Gasteiger partial charge in [-0.25, -0.2) is 0 Å². The molecule has 3 rings (SSSR count). The van der Waals surface area contributed by atoms with Gasteiger partial charge in [-0.15, -0.1) is 0 Å². The molecular weight excluding hydrogens is 380 g/mol. The highest BCUT2D eigenvalue weighted by Crippen LogP contribution is 2.16. The number of aromatic nitrogens is 1. The second-order valence-corrected chi connectivity index (χ2v) is 6.34. The van der Waals surface area contributed by atoms with Crippen molar-refractivity contribution in [2.45, 2.75) is 6.61 Å². The lowest BCUT2D eigenvalue weighted by Gasteiger charge is -2.10. The number of nitriles is 1. The molecule has 1 aromatic heterocycles. The van der Waals surface area contributed by atoms with E-state index in [2.05, 4.69) is 21.7 Å². The zero-order valence-electron chi connectivity index (χ0n) is 16.2. The number of hydrogen-bond acceptors (Lipinski definition) is 5. The van der Waals surface area contributed by atoms with Crippen molar-refractivity contribution in [3.8, 4) is 11.8 Å². The number of nitrogens with one attached hydrogen (secondary N) is 2. The zero-order valence-corrected chi connectivity index (χ0v) is 16.2. The lowest BCUT2D eigenvalue weighted by molar-refractivity contribution is 0.0927. The van der Waals surface area contributed by atoms with Crippen LogP contribution in [-0.2, 0) is 6.61 Å². The lowest BCUT2D eigenvalue weighted by Crippen LogP contribution is -2.34. The summed E-state index contributed by atoms with van der Waals surface area (Å²) in [5, 5.41) is 14.6. The molecular formula is C23H20N4O3. The normalized spacial score (nSPS) is 9.97. The summed E-state index contributed by atoms with van der Waals surface area (Å²) in [5.74, 6) is 0.0131. The van der Waals surface area contributed by atoms with Crippen LogP contribution in [0.4, 0.5) is 0 Å². The van der Waals surface area contributed by atoms with E-state index in [1.807, 2.05) is 12.1 Å². The van der Waals surface area contributed by atoms with E-state index in [0.29, 0.717) is 29.0 Å². The van der Waals surface area contributed by atoms with Gasteiger partial charge in [0.15, 0.2) is 0 Å². The number of amides is 2. The molecule has 0 atom stereocenters. The van der Waals surface area contributed by atoms with Gasteiger partial charge in [0.25, 0.3) is 11.8 Å². The van der Waals surface area contributed by atoms with Crippen LogP contribution in [0.5, 0.6) is 5.75 Å². The molecule has 3 aromatic rings. The molecule has 0 aliphatic rings. The first-order valence-electron chi connectivity index (χ1n) is 9.34. The molecule has 0 aliphatic heterocycles. The third kappa shape index (κ3) is 5.66. The number of nitrogens with zero attached hydrogens (tertiary/aromatic N) is 2. The van der Waals surface area contributed by atoms with E-state index in [1.165, 1.54) is 6.20 Å². The highest BCUT2D eigenvalue weighted by atomic mass is 16.5. The van der Waals surface area contributed by atoms with Gasteiger partial charge in [-0.3, -0.25) is 14.6 Å². The average Bonchev–Trinajstić information content (AvgIpc) is 2.81. The zero-order chi connectivity index (χ0) is 21.2. The summed E-state index contributed by atoms with van der Waals surface area (Å²) >= 11 is 0.